The van der Waals surface area contributed by atoms with Crippen LogP contribution in [0.2, 0.25) is 16.6 Å². The van der Waals surface area contributed by atoms with Crippen molar-refractivity contribution in [1.82, 2.24) is 0 Å². The number of aryl methyl sites for hydroxylation is 1. The molecule has 0 fully saturated rings. The standard InChI is InChI=1S/C16H28SSi/c1-12(2)18(13(3)4,14(5)6)17-16-11-9-8-10-15(16)7/h8-14H,1-7H3. The highest BCUT2D eigenvalue weighted by molar-refractivity contribution is 8.29. The highest BCUT2D eigenvalue weighted by Crippen LogP contribution is 2.52. The largest absolute Gasteiger partial charge is 0.150 e. The second kappa shape index (κ2) is 6.29. The van der Waals surface area contributed by atoms with Crippen LogP contribution in [0.5, 0.6) is 0 Å². The minimum absolute atomic E-state index is 0.808. The second-order valence-electron chi connectivity index (χ2n) is 6.19. The van der Waals surface area contributed by atoms with Gasteiger partial charge in [-0.05, 0) is 35.2 Å². The molecule has 0 saturated carbocycles. The lowest BCUT2D eigenvalue weighted by Crippen LogP contribution is -2.41. The molecule has 0 saturated heterocycles. The van der Waals surface area contributed by atoms with Crippen LogP contribution in [-0.2, 0) is 0 Å². The average molecular weight is 281 g/mol. The van der Waals surface area contributed by atoms with Gasteiger partial charge in [0.1, 0.15) is 7.22 Å². The first kappa shape index (κ1) is 15.8. The van der Waals surface area contributed by atoms with Gasteiger partial charge in [0, 0.05) is 4.90 Å². The van der Waals surface area contributed by atoms with E-state index in [1.165, 1.54) is 10.5 Å². The van der Waals surface area contributed by atoms with Gasteiger partial charge in [-0.3, -0.25) is 0 Å². The Bertz CT molecular complexity index is 361. The maximum atomic E-state index is 2.43. The molecule has 18 heavy (non-hydrogen) atoms. The summed E-state index contributed by atoms with van der Waals surface area (Å²) in [6, 6.07) is 8.86. The first-order valence-corrected chi connectivity index (χ1v) is 10.8. The van der Waals surface area contributed by atoms with E-state index in [0.717, 1.165) is 16.6 Å². The molecule has 0 radical (unpaired) electrons. The molecule has 0 aromatic heterocycles. The van der Waals surface area contributed by atoms with E-state index < -0.39 is 7.22 Å². The van der Waals surface area contributed by atoms with Crippen molar-refractivity contribution in [3.8, 4) is 0 Å². The van der Waals surface area contributed by atoms with E-state index in [1.54, 1.807) is 0 Å². The predicted octanol–water partition coefficient (Wildman–Crippen LogP) is 6.26. The molecule has 1 rings (SSSR count). The fourth-order valence-corrected chi connectivity index (χ4v) is 12.6. The zero-order chi connectivity index (χ0) is 13.9. The Morgan fingerprint density at radius 1 is 0.833 bits per heavy atom. The molecule has 0 amide bonds. The van der Waals surface area contributed by atoms with Gasteiger partial charge in [-0.1, -0.05) is 59.7 Å². The zero-order valence-electron chi connectivity index (χ0n) is 12.9. The van der Waals surface area contributed by atoms with Crippen molar-refractivity contribution in [2.75, 3.05) is 0 Å². The van der Waals surface area contributed by atoms with Gasteiger partial charge >= 0.3 is 0 Å². The molecule has 0 bridgehead atoms. The number of hydrogen-bond donors (Lipinski definition) is 0. The fourth-order valence-electron chi connectivity index (χ4n) is 3.21. The van der Waals surface area contributed by atoms with Crippen molar-refractivity contribution >= 4 is 18.4 Å². The molecule has 1 aromatic carbocycles. The molecule has 0 atom stereocenters. The molecule has 2 heteroatoms. The van der Waals surface area contributed by atoms with E-state index in [0.29, 0.717) is 0 Å². The van der Waals surface area contributed by atoms with Crippen LogP contribution >= 0.6 is 11.2 Å². The van der Waals surface area contributed by atoms with Gasteiger partial charge < -0.3 is 0 Å². The van der Waals surface area contributed by atoms with Crippen molar-refractivity contribution in [2.45, 2.75) is 70.0 Å². The third-order valence-corrected chi connectivity index (χ3v) is 16.5. The molecular formula is C16H28SSi. The van der Waals surface area contributed by atoms with Gasteiger partial charge in [-0.2, -0.15) is 0 Å². The van der Waals surface area contributed by atoms with E-state index in [-0.39, 0.29) is 0 Å². The van der Waals surface area contributed by atoms with Gasteiger partial charge in [0.2, 0.25) is 0 Å². The fraction of sp³-hybridized carbons (Fsp3) is 0.625. The second-order valence-corrected chi connectivity index (χ2v) is 14.7. The maximum absolute atomic E-state index is 2.43. The molecule has 102 valence electrons. The zero-order valence-corrected chi connectivity index (χ0v) is 14.8. The summed E-state index contributed by atoms with van der Waals surface area (Å²) in [6.07, 6.45) is 0. The van der Waals surface area contributed by atoms with Crippen molar-refractivity contribution < 1.29 is 0 Å². The summed E-state index contributed by atoms with van der Waals surface area (Å²) >= 11 is 2.23. The normalized spacial score (nSPS) is 12.8. The summed E-state index contributed by atoms with van der Waals surface area (Å²) in [5.41, 5.74) is 3.85. The summed E-state index contributed by atoms with van der Waals surface area (Å²) in [6.45, 7) is 16.8. The Morgan fingerprint density at radius 2 is 1.28 bits per heavy atom. The highest BCUT2D eigenvalue weighted by Gasteiger charge is 2.44. The van der Waals surface area contributed by atoms with Crippen LogP contribution in [-0.4, -0.2) is 7.22 Å². The van der Waals surface area contributed by atoms with Gasteiger partial charge in [0.05, 0.1) is 0 Å². The van der Waals surface area contributed by atoms with E-state index in [4.69, 9.17) is 0 Å². The predicted molar refractivity (Wildman–Crippen MR) is 88.1 cm³/mol. The molecule has 0 aliphatic heterocycles. The molecule has 0 nitrogen and oxygen atoms in total. The van der Waals surface area contributed by atoms with Gasteiger partial charge in [0.25, 0.3) is 0 Å². The van der Waals surface area contributed by atoms with E-state index in [9.17, 15) is 0 Å². The Morgan fingerprint density at radius 3 is 1.67 bits per heavy atom. The first-order chi connectivity index (χ1) is 8.32. The van der Waals surface area contributed by atoms with E-state index in [2.05, 4.69) is 83.9 Å². The quantitative estimate of drug-likeness (QED) is 0.573. The average Bonchev–Trinajstić information content (AvgIpc) is 2.26. The summed E-state index contributed by atoms with van der Waals surface area (Å²) in [7, 11) is -1.38. The summed E-state index contributed by atoms with van der Waals surface area (Å²) in [5.74, 6) is 0. The Balaban J connectivity index is 3.17. The molecule has 0 heterocycles. The third-order valence-electron chi connectivity index (χ3n) is 4.09. The van der Waals surface area contributed by atoms with E-state index >= 15 is 0 Å². The third kappa shape index (κ3) is 3.02. The van der Waals surface area contributed by atoms with Crippen molar-refractivity contribution in [3.63, 3.8) is 0 Å². The molecule has 0 spiro atoms. The number of benzene rings is 1. The smallest absolute Gasteiger partial charge is 0.131 e. The van der Waals surface area contributed by atoms with E-state index in [1.807, 2.05) is 0 Å². The van der Waals surface area contributed by atoms with Crippen LogP contribution in [0.15, 0.2) is 29.2 Å². The molecule has 1 aromatic rings. The maximum Gasteiger partial charge on any atom is 0.131 e. The van der Waals surface area contributed by atoms with Gasteiger partial charge in [0.15, 0.2) is 0 Å². The van der Waals surface area contributed by atoms with Gasteiger partial charge in [-0.25, -0.2) is 0 Å². The minimum Gasteiger partial charge on any atom is -0.150 e. The summed E-state index contributed by atoms with van der Waals surface area (Å²) in [5, 5.41) is 0. The molecule has 0 unspecified atom stereocenters. The van der Waals surface area contributed by atoms with Crippen LogP contribution in [0, 0.1) is 6.92 Å². The molecule has 0 aliphatic rings. The van der Waals surface area contributed by atoms with Gasteiger partial charge in [-0.15, -0.1) is 11.2 Å². The van der Waals surface area contributed by atoms with Crippen molar-refractivity contribution in [1.29, 1.82) is 0 Å². The lowest BCUT2D eigenvalue weighted by Gasteiger charge is -2.42. The van der Waals surface area contributed by atoms with Crippen LogP contribution in [0.1, 0.15) is 47.1 Å². The van der Waals surface area contributed by atoms with Crippen molar-refractivity contribution in [3.05, 3.63) is 29.8 Å². The van der Waals surface area contributed by atoms with Crippen LogP contribution in [0.4, 0.5) is 0 Å². The lowest BCUT2D eigenvalue weighted by molar-refractivity contribution is 0.851. The lowest BCUT2D eigenvalue weighted by atomic mass is 10.2. The molecule has 0 aliphatic carbocycles. The molecular weight excluding hydrogens is 252 g/mol. The van der Waals surface area contributed by atoms with Crippen LogP contribution in [0.25, 0.3) is 0 Å². The number of rotatable bonds is 5. The summed E-state index contributed by atoms with van der Waals surface area (Å²) < 4.78 is 0. The topological polar surface area (TPSA) is 0 Å². The SMILES string of the molecule is Cc1ccccc1S[Si](C(C)C)(C(C)C)C(C)C. The summed E-state index contributed by atoms with van der Waals surface area (Å²) in [4.78, 5) is 1.50. The Kier molecular flexibility index (Phi) is 5.54. The first-order valence-electron chi connectivity index (χ1n) is 7.07. The van der Waals surface area contributed by atoms with Crippen LogP contribution < -0.4 is 0 Å². The Labute approximate surface area is 118 Å². The number of hydrogen-bond acceptors (Lipinski definition) is 1. The highest BCUT2D eigenvalue weighted by atomic mass is 32.4. The van der Waals surface area contributed by atoms with Crippen LogP contribution in [0.3, 0.4) is 0 Å². The Hall–Kier alpha value is -0.213. The molecule has 0 N–H and O–H groups in total. The minimum atomic E-state index is -1.38. The monoisotopic (exact) mass is 280 g/mol. The van der Waals surface area contributed by atoms with Crippen molar-refractivity contribution in [2.24, 2.45) is 0 Å².